The molecule has 0 saturated heterocycles. The quantitative estimate of drug-likeness (QED) is 0.478. The molecule has 7 nitrogen and oxygen atoms in total. The smallest absolute Gasteiger partial charge is 0.306 e. The zero-order valence-corrected chi connectivity index (χ0v) is 14.2. The second-order valence-electron chi connectivity index (χ2n) is 4.97. The average molecular weight is 360 g/mol. The molecule has 1 aromatic rings. The average Bonchev–Trinajstić information content (AvgIpc) is 2.55. The van der Waals surface area contributed by atoms with Crippen LogP contribution in [0.3, 0.4) is 0 Å². The molecule has 134 valence electrons. The number of benzene rings is 1. The molecule has 0 spiro atoms. The number of ether oxygens (including phenoxy) is 1. The maximum atomic E-state index is 12.8. The molecule has 0 saturated carbocycles. The predicted molar refractivity (Wildman–Crippen MR) is 85.1 cm³/mol. The molecular weight excluding hydrogens is 339 g/mol. The number of halogens is 1. The van der Waals surface area contributed by atoms with Gasteiger partial charge in [0, 0.05) is 19.5 Å². The van der Waals surface area contributed by atoms with Crippen LogP contribution in [0.25, 0.3) is 0 Å². The minimum Gasteiger partial charge on any atom is -0.456 e. The first-order valence-corrected chi connectivity index (χ1v) is 9.01. The first-order valence-electron chi connectivity index (χ1n) is 7.52. The number of amides is 1. The Kier molecular flexibility index (Phi) is 8.34. The highest BCUT2D eigenvalue weighted by Crippen LogP contribution is 2.09. The van der Waals surface area contributed by atoms with Gasteiger partial charge in [0.1, 0.15) is 5.82 Å². The van der Waals surface area contributed by atoms with Gasteiger partial charge in [0.15, 0.2) is 6.61 Å². The molecule has 2 N–H and O–H groups in total. The van der Waals surface area contributed by atoms with E-state index in [2.05, 4.69) is 10.0 Å². The van der Waals surface area contributed by atoms with Gasteiger partial charge in [0.2, 0.25) is 10.0 Å². The molecule has 0 aliphatic rings. The topological polar surface area (TPSA) is 102 Å². The van der Waals surface area contributed by atoms with Crippen molar-refractivity contribution in [2.75, 3.05) is 19.7 Å². The van der Waals surface area contributed by atoms with E-state index in [0.717, 1.165) is 30.7 Å². The van der Waals surface area contributed by atoms with Crippen LogP contribution in [-0.4, -0.2) is 40.0 Å². The fourth-order valence-corrected chi connectivity index (χ4v) is 2.74. The highest BCUT2D eigenvalue weighted by molar-refractivity contribution is 7.89. The monoisotopic (exact) mass is 360 g/mol. The Morgan fingerprint density at radius 2 is 1.83 bits per heavy atom. The molecule has 24 heavy (non-hydrogen) atoms. The molecule has 0 heterocycles. The summed E-state index contributed by atoms with van der Waals surface area (Å²) < 4.78 is 43.6. The van der Waals surface area contributed by atoms with Gasteiger partial charge in [0.05, 0.1) is 4.90 Å². The number of sulfonamides is 1. The zero-order chi connectivity index (χ0) is 18.0. The van der Waals surface area contributed by atoms with Gasteiger partial charge in [0.25, 0.3) is 5.91 Å². The standard InChI is InChI=1S/C15H21FN2O5S/c1-2-9-17-14(19)11-23-15(20)4-3-10-18-24(21,22)13-7-5-12(16)6-8-13/h5-8,18H,2-4,9-11H2,1H3,(H,17,19). The molecule has 1 rings (SSSR count). The third kappa shape index (κ3) is 7.51. The summed E-state index contributed by atoms with van der Waals surface area (Å²) in [6, 6.07) is 4.41. The molecule has 0 fully saturated rings. The van der Waals surface area contributed by atoms with Crippen LogP contribution in [0.2, 0.25) is 0 Å². The van der Waals surface area contributed by atoms with E-state index < -0.39 is 21.8 Å². The van der Waals surface area contributed by atoms with E-state index in [1.165, 1.54) is 0 Å². The summed E-state index contributed by atoms with van der Waals surface area (Å²) in [7, 11) is -3.74. The number of esters is 1. The lowest BCUT2D eigenvalue weighted by Crippen LogP contribution is -2.29. The van der Waals surface area contributed by atoms with Crippen LogP contribution < -0.4 is 10.0 Å². The van der Waals surface area contributed by atoms with Crippen LogP contribution in [0.15, 0.2) is 29.2 Å². The SMILES string of the molecule is CCCNC(=O)COC(=O)CCCNS(=O)(=O)c1ccc(F)cc1. The van der Waals surface area contributed by atoms with E-state index in [4.69, 9.17) is 4.74 Å². The maximum absolute atomic E-state index is 12.8. The fourth-order valence-electron chi connectivity index (χ4n) is 1.67. The van der Waals surface area contributed by atoms with Crippen molar-refractivity contribution in [3.05, 3.63) is 30.1 Å². The highest BCUT2D eigenvalue weighted by atomic mass is 32.2. The predicted octanol–water partition coefficient (Wildman–Crippen LogP) is 0.954. The summed E-state index contributed by atoms with van der Waals surface area (Å²) in [5.41, 5.74) is 0. The Bertz CT molecular complexity index is 646. The maximum Gasteiger partial charge on any atom is 0.306 e. The number of nitrogens with one attached hydrogen (secondary N) is 2. The molecular formula is C15H21FN2O5S. The minimum absolute atomic E-state index is 0.0208. The van der Waals surface area contributed by atoms with E-state index >= 15 is 0 Å². The first-order chi connectivity index (χ1) is 11.3. The van der Waals surface area contributed by atoms with E-state index in [-0.39, 0.29) is 36.8 Å². The van der Waals surface area contributed by atoms with Crippen molar-refractivity contribution in [2.24, 2.45) is 0 Å². The zero-order valence-electron chi connectivity index (χ0n) is 13.4. The van der Waals surface area contributed by atoms with Gasteiger partial charge in [-0.1, -0.05) is 6.92 Å². The highest BCUT2D eigenvalue weighted by Gasteiger charge is 2.14. The van der Waals surface area contributed by atoms with Crippen LogP contribution >= 0.6 is 0 Å². The Morgan fingerprint density at radius 1 is 1.17 bits per heavy atom. The van der Waals surface area contributed by atoms with Gasteiger partial charge < -0.3 is 10.1 Å². The van der Waals surface area contributed by atoms with Gasteiger partial charge in [-0.2, -0.15) is 0 Å². The van der Waals surface area contributed by atoms with Gasteiger partial charge in [-0.05, 0) is 37.1 Å². The molecule has 0 atom stereocenters. The molecule has 0 radical (unpaired) electrons. The summed E-state index contributed by atoms with van der Waals surface area (Å²) in [6.07, 6.45) is 0.983. The van der Waals surface area contributed by atoms with E-state index in [0.29, 0.717) is 6.54 Å². The molecule has 1 aromatic carbocycles. The van der Waals surface area contributed by atoms with Gasteiger partial charge in [-0.15, -0.1) is 0 Å². The Labute approximate surface area is 140 Å². The normalized spacial score (nSPS) is 11.1. The molecule has 0 aliphatic heterocycles. The largest absolute Gasteiger partial charge is 0.456 e. The minimum atomic E-state index is -3.74. The molecule has 1 amide bonds. The van der Waals surface area contributed by atoms with E-state index in [1.54, 1.807) is 0 Å². The summed E-state index contributed by atoms with van der Waals surface area (Å²) in [5, 5.41) is 2.56. The van der Waals surface area contributed by atoms with Crippen LogP contribution in [-0.2, 0) is 24.3 Å². The van der Waals surface area contributed by atoms with Crippen molar-refractivity contribution in [1.29, 1.82) is 0 Å². The number of hydrogen-bond donors (Lipinski definition) is 2. The third-order valence-corrected chi connectivity index (χ3v) is 4.39. The Morgan fingerprint density at radius 3 is 2.46 bits per heavy atom. The van der Waals surface area contributed by atoms with Crippen LogP contribution in [0.4, 0.5) is 4.39 Å². The molecule has 0 aromatic heterocycles. The molecule has 9 heteroatoms. The third-order valence-electron chi connectivity index (χ3n) is 2.91. The van der Waals surface area contributed by atoms with Gasteiger partial charge >= 0.3 is 5.97 Å². The number of carbonyl (C=O) groups excluding carboxylic acids is 2. The Hall–Kier alpha value is -2.00. The lowest BCUT2D eigenvalue weighted by atomic mass is 10.3. The fraction of sp³-hybridized carbons (Fsp3) is 0.467. The van der Waals surface area contributed by atoms with Gasteiger partial charge in [-0.3, -0.25) is 9.59 Å². The summed E-state index contributed by atoms with van der Waals surface area (Å²) in [4.78, 5) is 22.6. The molecule has 0 aliphatic carbocycles. The van der Waals surface area contributed by atoms with E-state index in [1.807, 2.05) is 6.92 Å². The van der Waals surface area contributed by atoms with E-state index in [9.17, 15) is 22.4 Å². The van der Waals surface area contributed by atoms with Crippen molar-refractivity contribution in [1.82, 2.24) is 10.0 Å². The summed E-state index contributed by atoms with van der Waals surface area (Å²) in [5.74, 6) is -1.48. The van der Waals surface area contributed by atoms with Crippen molar-refractivity contribution in [3.63, 3.8) is 0 Å². The second-order valence-corrected chi connectivity index (χ2v) is 6.73. The van der Waals surface area contributed by atoms with Crippen LogP contribution in [0, 0.1) is 5.82 Å². The summed E-state index contributed by atoms with van der Waals surface area (Å²) in [6.45, 7) is 2.10. The van der Waals surface area contributed by atoms with Crippen molar-refractivity contribution in [2.45, 2.75) is 31.1 Å². The number of rotatable bonds is 10. The van der Waals surface area contributed by atoms with Crippen molar-refractivity contribution < 1.29 is 27.1 Å². The summed E-state index contributed by atoms with van der Waals surface area (Å²) >= 11 is 0. The molecule has 0 unspecified atom stereocenters. The lowest BCUT2D eigenvalue weighted by molar-refractivity contribution is -0.148. The van der Waals surface area contributed by atoms with Crippen LogP contribution in [0.5, 0.6) is 0 Å². The van der Waals surface area contributed by atoms with Gasteiger partial charge in [-0.25, -0.2) is 17.5 Å². The number of hydrogen-bond acceptors (Lipinski definition) is 5. The van der Waals surface area contributed by atoms with Crippen molar-refractivity contribution in [3.8, 4) is 0 Å². The first kappa shape index (κ1) is 20.0. The van der Waals surface area contributed by atoms with Crippen molar-refractivity contribution >= 4 is 21.9 Å². The molecule has 0 bridgehead atoms. The number of carbonyl (C=O) groups is 2. The second kappa shape index (κ2) is 9.99. The van der Waals surface area contributed by atoms with Crippen LogP contribution in [0.1, 0.15) is 26.2 Å². The lowest BCUT2D eigenvalue weighted by Gasteiger charge is -2.07. The Balaban J connectivity index is 2.26.